The largest absolute Gasteiger partial charge is 0.481 e. The van der Waals surface area contributed by atoms with Crippen molar-refractivity contribution >= 4 is 34.5 Å². The molecule has 32 heavy (non-hydrogen) atoms. The van der Waals surface area contributed by atoms with Crippen LogP contribution in [-0.4, -0.2) is 29.9 Å². The molecule has 0 radical (unpaired) electrons. The summed E-state index contributed by atoms with van der Waals surface area (Å²) in [6, 6.07) is 14.6. The molecule has 2 N–H and O–H groups in total. The van der Waals surface area contributed by atoms with Gasteiger partial charge in [0.2, 0.25) is 0 Å². The first kappa shape index (κ1) is 25.2. The SMILES string of the molecule is CC(=O)O.CCN=C1C=CC(=C(c2ccc(NCC)c(C)c2)c2ccccc2Cl)C=C1C. The normalized spacial score (nSPS) is 15.6. The van der Waals surface area contributed by atoms with Crippen LogP contribution >= 0.6 is 11.6 Å². The number of aliphatic carboxylic acids is 1. The Kier molecular flexibility index (Phi) is 9.48. The van der Waals surface area contributed by atoms with Crippen molar-refractivity contribution in [1.29, 1.82) is 0 Å². The second kappa shape index (κ2) is 12.1. The second-order valence-electron chi connectivity index (χ2n) is 7.41. The molecule has 0 bridgehead atoms. The summed E-state index contributed by atoms with van der Waals surface area (Å²) in [5, 5.41) is 11.6. The van der Waals surface area contributed by atoms with E-state index < -0.39 is 5.97 Å². The fraction of sp³-hybridized carbons (Fsp3) is 0.259. The lowest BCUT2D eigenvalue weighted by atomic mass is 9.88. The van der Waals surface area contributed by atoms with Gasteiger partial charge in [0.25, 0.3) is 5.97 Å². The number of benzene rings is 2. The lowest BCUT2D eigenvalue weighted by Gasteiger charge is -2.18. The number of hydrogen-bond donors (Lipinski definition) is 2. The third-order valence-electron chi connectivity index (χ3n) is 4.84. The number of halogens is 1. The van der Waals surface area contributed by atoms with Gasteiger partial charge in [0.05, 0.1) is 5.71 Å². The predicted molar refractivity (Wildman–Crippen MR) is 137 cm³/mol. The van der Waals surface area contributed by atoms with Crippen molar-refractivity contribution in [3.8, 4) is 0 Å². The number of allylic oxidation sites excluding steroid dienone is 5. The Bertz CT molecular complexity index is 1090. The van der Waals surface area contributed by atoms with Crippen molar-refractivity contribution < 1.29 is 9.90 Å². The molecule has 3 rings (SSSR count). The highest BCUT2D eigenvalue weighted by atomic mass is 35.5. The van der Waals surface area contributed by atoms with Crippen molar-refractivity contribution in [1.82, 2.24) is 0 Å². The van der Waals surface area contributed by atoms with Crippen LogP contribution in [0.5, 0.6) is 0 Å². The molecule has 2 aromatic rings. The van der Waals surface area contributed by atoms with Crippen molar-refractivity contribution in [2.24, 2.45) is 4.99 Å². The fourth-order valence-corrected chi connectivity index (χ4v) is 3.74. The van der Waals surface area contributed by atoms with Crippen LogP contribution in [0.15, 0.2) is 76.8 Å². The highest BCUT2D eigenvalue weighted by molar-refractivity contribution is 6.32. The lowest BCUT2D eigenvalue weighted by molar-refractivity contribution is -0.134. The van der Waals surface area contributed by atoms with Gasteiger partial charge in [-0.25, -0.2) is 0 Å². The average Bonchev–Trinajstić information content (AvgIpc) is 2.73. The Morgan fingerprint density at radius 3 is 2.34 bits per heavy atom. The van der Waals surface area contributed by atoms with E-state index in [0.717, 1.165) is 58.7 Å². The summed E-state index contributed by atoms with van der Waals surface area (Å²) >= 11 is 6.61. The molecule has 1 aliphatic rings. The van der Waals surface area contributed by atoms with Gasteiger partial charge in [0.15, 0.2) is 0 Å². The standard InChI is InChI=1S/C25H27ClN2.C2H4O2/c1-5-27-23-13-11-19(15-17(23)3)25(21-9-7-8-10-22(21)26)20-12-14-24(28-6-2)18(4)16-20;1-2(3)4/h7-16,27H,5-6H2,1-4H3;1H3,(H,3,4). The van der Waals surface area contributed by atoms with E-state index in [1.807, 2.05) is 18.2 Å². The Morgan fingerprint density at radius 2 is 1.78 bits per heavy atom. The van der Waals surface area contributed by atoms with Gasteiger partial charge in [-0.2, -0.15) is 0 Å². The van der Waals surface area contributed by atoms with Crippen molar-refractivity contribution in [3.63, 3.8) is 0 Å². The maximum absolute atomic E-state index is 9.00. The summed E-state index contributed by atoms with van der Waals surface area (Å²) < 4.78 is 0. The molecule has 2 aromatic carbocycles. The van der Waals surface area contributed by atoms with Crippen LogP contribution in [0.3, 0.4) is 0 Å². The van der Waals surface area contributed by atoms with Crippen molar-refractivity contribution in [3.05, 3.63) is 93.6 Å². The number of nitrogens with one attached hydrogen (secondary N) is 1. The molecule has 0 atom stereocenters. The Balaban J connectivity index is 0.000000837. The minimum absolute atomic E-state index is 0.755. The maximum atomic E-state index is 9.00. The van der Waals surface area contributed by atoms with Crippen LogP contribution in [0.1, 0.15) is 44.4 Å². The smallest absolute Gasteiger partial charge is 0.300 e. The molecule has 0 unspecified atom stereocenters. The van der Waals surface area contributed by atoms with Gasteiger partial charge in [-0.3, -0.25) is 9.79 Å². The highest BCUT2D eigenvalue weighted by Gasteiger charge is 2.16. The van der Waals surface area contributed by atoms with E-state index in [-0.39, 0.29) is 0 Å². The maximum Gasteiger partial charge on any atom is 0.300 e. The summed E-state index contributed by atoms with van der Waals surface area (Å²) in [5.41, 5.74) is 9.09. The minimum Gasteiger partial charge on any atom is -0.481 e. The number of hydrogen-bond acceptors (Lipinski definition) is 3. The molecule has 0 aliphatic heterocycles. The monoisotopic (exact) mass is 450 g/mol. The number of carboxylic acids is 1. The summed E-state index contributed by atoms with van der Waals surface area (Å²) in [5.74, 6) is -0.833. The van der Waals surface area contributed by atoms with E-state index in [9.17, 15) is 0 Å². The van der Waals surface area contributed by atoms with Crippen molar-refractivity contribution in [2.75, 3.05) is 18.4 Å². The van der Waals surface area contributed by atoms with Crippen LogP contribution in [0.2, 0.25) is 5.02 Å². The van der Waals surface area contributed by atoms with E-state index in [1.54, 1.807) is 0 Å². The molecular formula is C27H31ClN2O2. The third-order valence-corrected chi connectivity index (χ3v) is 5.17. The van der Waals surface area contributed by atoms with Gasteiger partial charge in [-0.15, -0.1) is 0 Å². The Labute approximate surface area is 196 Å². The Morgan fingerprint density at radius 1 is 1.09 bits per heavy atom. The van der Waals surface area contributed by atoms with Crippen LogP contribution in [0.4, 0.5) is 5.69 Å². The summed E-state index contributed by atoms with van der Waals surface area (Å²) in [7, 11) is 0. The van der Waals surface area contributed by atoms with Crippen LogP contribution in [0.25, 0.3) is 5.57 Å². The first-order valence-corrected chi connectivity index (χ1v) is 11.1. The van der Waals surface area contributed by atoms with Gasteiger partial charge in [-0.05, 0) is 85.9 Å². The molecule has 0 aromatic heterocycles. The molecule has 0 saturated carbocycles. The number of anilines is 1. The molecule has 0 heterocycles. The number of nitrogens with zero attached hydrogens (tertiary/aromatic N) is 1. The lowest BCUT2D eigenvalue weighted by Crippen LogP contribution is -2.04. The Hall–Kier alpha value is -3.11. The van der Waals surface area contributed by atoms with Crippen LogP contribution in [-0.2, 0) is 4.79 Å². The molecular weight excluding hydrogens is 420 g/mol. The first-order valence-electron chi connectivity index (χ1n) is 10.7. The van der Waals surface area contributed by atoms with Crippen molar-refractivity contribution in [2.45, 2.75) is 34.6 Å². The molecule has 0 saturated heterocycles. The first-order chi connectivity index (χ1) is 15.3. The van der Waals surface area contributed by atoms with E-state index in [0.29, 0.717) is 0 Å². The average molecular weight is 451 g/mol. The van der Waals surface area contributed by atoms with E-state index in [4.69, 9.17) is 21.5 Å². The number of carboxylic acid groups (broad SMARTS) is 1. The quantitative estimate of drug-likeness (QED) is 0.518. The summed E-state index contributed by atoms with van der Waals surface area (Å²) in [6.45, 7) is 11.2. The second-order valence-corrected chi connectivity index (χ2v) is 7.82. The van der Waals surface area contributed by atoms with E-state index in [1.165, 1.54) is 11.1 Å². The zero-order valence-electron chi connectivity index (χ0n) is 19.4. The molecule has 0 amide bonds. The highest BCUT2D eigenvalue weighted by Crippen LogP contribution is 2.35. The van der Waals surface area contributed by atoms with Crippen LogP contribution in [0, 0.1) is 6.92 Å². The zero-order valence-corrected chi connectivity index (χ0v) is 20.1. The van der Waals surface area contributed by atoms with Gasteiger partial charge >= 0.3 is 0 Å². The number of aliphatic imine (C=N–C) groups is 1. The molecule has 168 valence electrons. The number of rotatable bonds is 5. The molecule has 0 spiro atoms. The molecule has 5 heteroatoms. The summed E-state index contributed by atoms with van der Waals surface area (Å²) in [4.78, 5) is 13.6. The summed E-state index contributed by atoms with van der Waals surface area (Å²) in [6.07, 6.45) is 6.46. The molecule has 4 nitrogen and oxygen atoms in total. The van der Waals surface area contributed by atoms with Gasteiger partial charge < -0.3 is 10.4 Å². The predicted octanol–water partition coefficient (Wildman–Crippen LogP) is 6.95. The third kappa shape index (κ3) is 6.69. The van der Waals surface area contributed by atoms with E-state index >= 15 is 0 Å². The number of carbonyl (C=O) groups is 1. The topological polar surface area (TPSA) is 61.7 Å². The van der Waals surface area contributed by atoms with Gasteiger partial charge in [0, 0.05) is 36.3 Å². The fourth-order valence-electron chi connectivity index (χ4n) is 3.51. The van der Waals surface area contributed by atoms with Gasteiger partial charge in [0.1, 0.15) is 0 Å². The molecule has 0 fully saturated rings. The zero-order chi connectivity index (χ0) is 23.7. The minimum atomic E-state index is -0.833. The van der Waals surface area contributed by atoms with E-state index in [2.05, 4.69) is 80.5 Å². The number of aryl methyl sites for hydroxylation is 1. The van der Waals surface area contributed by atoms with Gasteiger partial charge in [-0.1, -0.05) is 41.9 Å². The van der Waals surface area contributed by atoms with Crippen LogP contribution < -0.4 is 5.32 Å². The molecule has 1 aliphatic carbocycles.